The summed E-state index contributed by atoms with van der Waals surface area (Å²) in [6.45, 7) is 4.69. The molecule has 2 aromatic carbocycles. The lowest BCUT2D eigenvalue weighted by atomic mass is 10.00. The highest BCUT2D eigenvalue weighted by Gasteiger charge is 2.15. The highest BCUT2D eigenvalue weighted by Crippen LogP contribution is 2.29. The van der Waals surface area contributed by atoms with Crippen LogP contribution in [0.25, 0.3) is 11.1 Å². The monoisotopic (exact) mass is 251 g/mol. The summed E-state index contributed by atoms with van der Waals surface area (Å²) >= 11 is 0. The molecule has 1 aliphatic rings. The van der Waals surface area contributed by atoms with Crippen molar-refractivity contribution in [3.05, 3.63) is 54.1 Å². The second-order valence-electron chi connectivity index (χ2n) is 5.26. The Balaban J connectivity index is 1.97. The first kappa shape index (κ1) is 12.3. The fraction of sp³-hybridized carbons (Fsp3) is 0.333. The van der Waals surface area contributed by atoms with Crippen LogP contribution in [0.15, 0.2) is 48.5 Å². The molecule has 3 rings (SSSR count). The summed E-state index contributed by atoms with van der Waals surface area (Å²) < 4.78 is 0. The minimum absolute atomic E-state index is 1.10. The van der Waals surface area contributed by atoms with Crippen molar-refractivity contribution in [2.24, 2.45) is 0 Å². The molecular weight excluding hydrogens is 230 g/mol. The topological polar surface area (TPSA) is 3.24 Å². The standard InChI is InChI=1S/C18H21N/c1-2-15-14-17(16-8-4-3-5-9-16)10-11-18(15)19-12-6-7-13-19/h3-5,8-11,14H,2,6-7,12-13H2,1H3. The predicted octanol–water partition coefficient (Wildman–Crippen LogP) is 4.52. The van der Waals surface area contributed by atoms with Crippen LogP contribution in [0.5, 0.6) is 0 Å². The Bertz CT molecular complexity index is 539. The van der Waals surface area contributed by atoms with Gasteiger partial charge in [0.15, 0.2) is 0 Å². The van der Waals surface area contributed by atoms with Crippen LogP contribution < -0.4 is 4.90 Å². The van der Waals surface area contributed by atoms with Gasteiger partial charge < -0.3 is 4.90 Å². The molecule has 0 bridgehead atoms. The lowest BCUT2D eigenvalue weighted by molar-refractivity contribution is 0.949. The summed E-state index contributed by atoms with van der Waals surface area (Å²) in [5.41, 5.74) is 5.56. The molecule has 0 amide bonds. The molecule has 0 saturated carbocycles. The third-order valence-corrected chi connectivity index (χ3v) is 4.01. The first-order chi connectivity index (χ1) is 9.38. The van der Waals surface area contributed by atoms with Crippen LogP contribution in [-0.2, 0) is 6.42 Å². The van der Waals surface area contributed by atoms with E-state index in [1.807, 2.05) is 0 Å². The van der Waals surface area contributed by atoms with E-state index in [0.29, 0.717) is 0 Å². The van der Waals surface area contributed by atoms with Crippen LogP contribution in [0, 0.1) is 0 Å². The Morgan fingerprint density at radius 2 is 1.63 bits per heavy atom. The van der Waals surface area contributed by atoms with Crippen molar-refractivity contribution in [2.45, 2.75) is 26.2 Å². The van der Waals surface area contributed by atoms with Crippen LogP contribution in [0.4, 0.5) is 5.69 Å². The normalized spacial score (nSPS) is 14.9. The number of benzene rings is 2. The SMILES string of the molecule is CCc1cc(-c2ccccc2)ccc1N1CCCC1. The molecule has 2 aromatic rings. The Kier molecular flexibility index (Phi) is 3.54. The van der Waals surface area contributed by atoms with Gasteiger partial charge in [-0.2, -0.15) is 0 Å². The Morgan fingerprint density at radius 3 is 2.32 bits per heavy atom. The van der Waals surface area contributed by atoms with E-state index >= 15 is 0 Å². The largest absolute Gasteiger partial charge is 0.371 e. The summed E-state index contributed by atoms with van der Waals surface area (Å²) in [5.74, 6) is 0. The molecule has 0 unspecified atom stereocenters. The van der Waals surface area contributed by atoms with E-state index in [1.54, 1.807) is 0 Å². The van der Waals surface area contributed by atoms with Crippen molar-refractivity contribution in [3.8, 4) is 11.1 Å². The third kappa shape index (κ3) is 2.51. The van der Waals surface area contributed by atoms with E-state index < -0.39 is 0 Å². The molecule has 1 fully saturated rings. The maximum absolute atomic E-state index is 2.54. The molecule has 0 spiro atoms. The highest BCUT2D eigenvalue weighted by molar-refractivity contribution is 5.69. The van der Waals surface area contributed by atoms with Crippen LogP contribution >= 0.6 is 0 Å². The van der Waals surface area contributed by atoms with Crippen molar-refractivity contribution < 1.29 is 0 Å². The zero-order valence-corrected chi connectivity index (χ0v) is 11.6. The van der Waals surface area contributed by atoms with Crippen LogP contribution in [0.3, 0.4) is 0 Å². The fourth-order valence-corrected chi connectivity index (χ4v) is 2.95. The van der Waals surface area contributed by atoms with E-state index in [4.69, 9.17) is 0 Å². The fourth-order valence-electron chi connectivity index (χ4n) is 2.95. The van der Waals surface area contributed by atoms with E-state index in [1.165, 1.54) is 48.3 Å². The zero-order chi connectivity index (χ0) is 13.1. The lowest BCUT2D eigenvalue weighted by Gasteiger charge is -2.21. The summed E-state index contributed by atoms with van der Waals surface area (Å²) in [5, 5.41) is 0. The third-order valence-electron chi connectivity index (χ3n) is 4.01. The minimum Gasteiger partial charge on any atom is -0.371 e. The molecule has 0 N–H and O–H groups in total. The van der Waals surface area contributed by atoms with Crippen LogP contribution in [0.2, 0.25) is 0 Å². The first-order valence-corrected chi connectivity index (χ1v) is 7.32. The summed E-state index contributed by atoms with van der Waals surface area (Å²) in [6.07, 6.45) is 3.78. The molecular formula is C18H21N. The summed E-state index contributed by atoms with van der Waals surface area (Å²) in [6, 6.07) is 17.6. The molecule has 19 heavy (non-hydrogen) atoms. The van der Waals surface area contributed by atoms with Gasteiger partial charge in [-0.1, -0.05) is 43.3 Å². The molecule has 0 radical (unpaired) electrons. The predicted molar refractivity (Wildman–Crippen MR) is 82.7 cm³/mol. The second kappa shape index (κ2) is 5.48. The van der Waals surface area contributed by atoms with Gasteiger partial charge in [0.05, 0.1) is 0 Å². The second-order valence-corrected chi connectivity index (χ2v) is 5.26. The molecule has 0 atom stereocenters. The maximum Gasteiger partial charge on any atom is 0.0399 e. The van der Waals surface area contributed by atoms with Gasteiger partial charge in [0.1, 0.15) is 0 Å². The van der Waals surface area contributed by atoms with Gasteiger partial charge in [-0.25, -0.2) is 0 Å². The Hall–Kier alpha value is -1.76. The van der Waals surface area contributed by atoms with Crippen molar-refractivity contribution in [1.29, 1.82) is 0 Å². The van der Waals surface area contributed by atoms with Crippen LogP contribution in [0.1, 0.15) is 25.3 Å². The van der Waals surface area contributed by atoms with Crippen molar-refractivity contribution in [1.82, 2.24) is 0 Å². The average Bonchev–Trinajstić information content (AvgIpc) is 3.01. The summed E-state index contributed by atoms with van der Waals surface area (Å²) in [4.78, 5) is 2.54. The smallest absolute Gasteiger partial charge is 0.0399 e. The first-order valence-electron chi connectivity index (χ1n) is 7.32. The van der Waals surface area contributed by atoms with Gasteiger partial charge >= 0.3 is 0 Å². The number of hydrogen-bond acceptors (Lipinski definition) is 1. The van der Waals surface area contributed by atoms with Crippen molar-refractivity contribution >= 4 is 5.69 Å². The molecule has 0 aromatic heterocycles. The van der Waals surface area contributed by atoms with E-state index in [-0.39, 0.29) is 0 Å². The molecule has 1 saturated heterocycles. The molecule has 0 aliphatic carbocycles. The molecule has 1 heterocycles. The van der Waals surface area contributed by atoms with Gasteiger partial charge in [-0.3, -0.25) is 0 Å². The number of anilines is 1. The van der Waals surface area contributed by atoms with Gasteiger partial charge in [0.25, 0.3) is 0 Å². The maximum atomic E-state index is 2.54. The molecule has 1 heteroatoms. The average molecular weight is 251 g/mol. The van der Waals surface area contributed by atoms with Gasteiger partial charge in [0.2, 0.25) is 0 Å². The van der Waals surface area contributed by atoms with Gasteiger partial charge in [-0.15, -0.1) is 0 Å². The highest BCUT2D eigenvalue weighted by atomic mass is 15.1. The van der Waals surface area contributed by atoms with Gasteiger partial charge in [0, 0.05) is 18.8 Å². The lowest BCUT2D eigenvalue weighted by Crippen LogP contribution is -2.19. The minimum atomic E-state index is 1.10. The van der Waals surface area contributed by atoms with Crippen molar-refractivity contribution in [2.75, 3.05) is 18.0 Å². The quantitative estimate of drug-likeness (QED) is 0.775. The van der Waals surface area contributed by atoms with E-state index in [0.717, 1.165) is 6.42 Å². The summed E-state index contributed by atoms with van der Waals surface area (Å²) in [7, 11) is 0. The number of aryl methyl sites for hydroxylation is 1. The van der Waals surface area contributed by atoms with E-state index in [2.05, 4.69) is 60.4 Å². The number of rotatable bonds is 3. The number of nitrogens with zero attached hydrogens (tertiary/aromatic N) is 1. The number of hydrogen-bond donors (Lipinski definition) is 0. The molecule has 98 valence electrons. The Morgan fingerprint density at radius 1 is 0.895 bits per heavy atom. The molecule has 1 aliphatic heterocycles. The van der Waals surface area contributed by atoms with Crippen molar-refractivity contribution in [3.63, 3.8) is 0 Å². The van der Waals surface area contributed by atoms with Gasteiger partial charge in [-0.05, 0) is 48.1 Å². The van der Waals surface area contributed by atoms with Crippen LogP contribution in [-0.4, -0.2) is 13.1 Å². The molecule has 1 nitrogen and oxygen atoms in total. The van der Waals surface area contributed by atoms with E-state index in [9.17, 15) is 0 Å². The Labute approximate surface area is 115 Å². The zero-order valence-electron chi connectivity index (χ0n) is 11.6.